The molecule has 0 atom stereocenters. The third-order valence-corrected chi connectivity index (χ3v) is 5.16. The minimum atomic E-state index is -0.410. The molecule has 0 N–H and O–H groups in total. The Morgan fingerprint density at radius 1 is 0.967 bits per heavy atom. The lowest BCUT2D eigenvalue weighted by Gasteiger charge is -2.33. The highest BCUT2D eigenvalue weighted by molar-refractivity contribution is 5.56. The number of hydrogen-bond acceptors (Lipinski definition) is 6. The van der Waals surface area contributed by atoms with Crippen LogP contribution in [0.1, 0.15) is 5.56 Å². The number of hydrogen-bond donors (Lipinski definition) is 0. The van der Waals surface area contributed by atoms with Crippen LogP contribution < -0.4 is 0 Å². The minimum absolute atomic E-state index is 0.0645. The van der Waals surface area contributed by atoms with E-state index in [0.717, 1.165) is 38.3 Å². The van der Waals surface area contributed by atoms with E-state index in [1.807, 2.05) is 10.7 Å². The van der Waals surface area contributed by atoms with Gasteiger partial charge in [-0.2, -0.15) is 0 Å². The van der Waals surface area contributed by atoms with Crippen LogP contribution in [0.25, 0.3) is 17.5 Å². The van der Waals surface area contributed by atoms with Gasteiger partial charge in [-0.3, -0.25) is 19.9 Å². The van der Waals surface area contributed by atoms with Crippen molar-refractivity contribution in [1.29, 1.82) is 0 Å². The van der Waals surface area contributed by atoms with Crippen molar-refractivity contribution in [1.82, 2.24) is 24.6 Å². The molecule has 0 spiro atoms. The highest BCUT2D eigenvalue weighted by Gasteiger charge is 2.17. The molecule has 2 aromatic carbocycles. The molecule has 0 aliphatic carbocycles. The van der Waals surface area contributed by atoms with Crippen molar-refractivity contribution in [2.24, 2.45) is 0 Å². The molecule has 2 heterocycles. The number of nitro benzene ring substituents is 1. The van der Waals surface area contributed by atoms with Gasteiger partial charge in [0.25, 0.3) is 5.69 Å². The molecule has 8 heteroatoms. The quantitative estimate of drug-likeness (QED) is 0.445. The molecule has 1 aliphatic rings. The van der Waals surface area contributed by atoms with Gasteiger partial charge in [-0.15, -0.1) is 5.10 Å². The predicted octanol–water partition coefficient (Wildman–Crippen LogP) is 3.14. The van der Waals surface area contributed by atoms with Crippen molar-refractivity contribution in [3.8, 4) is 11.4 Å². The molecule has 0 bridgehead atoms. The van der Waals surface area contributed by atoms with Crippen LogP contribution in [0.4, 0.5) is 5.69 Å². The van der Waals surface area contributed by atoms with Crippen LogP contribution >= 0.6 is 0 Å². The van der Waals surface area contributed by atoms with E-state index >= 15 is 0 Å². The molecule has 0 saturated carbocycles. The first-order valence-corrected chi connectivity index (χ1v) is 9.98. The Bertz CT molecular complexity index is 992. The maximum atomic E-state index is 10.8. The fourth-order valence-electron chi connectivity index (χ4n) is 3.45. The molecule has 30 heavy (non-hydrogen) atoms. The highest BCUT2D eigenvalue weighted by atomic mass is 16.6. The van der Waals surface area contributed by atoms with Gasteiger partial charge in [0.1, 0.15) is 6.33 Å². The largest absolute Gasteiger partial charge is 0.297 e. The summed E-state index contributed by atoms with van der Waals surface area (Å²) in [5, 5.41) is 15.3. The lowest BCUT2D eigenvalue weighted by Crippen LogP contribution is -2.46. The van der Waals surface area contributed by atoms with Gasteiger partial charge in [0.05, 0.1) is 11.6 Å². The summed E-state index contributed by atoms with van der Waals surface area (Å²) in [5.41, 5.74) is 2.06. The maximum Gasteiger partial charge on any atom is 0.269 e. The van der Waals surface area contributed by atoms with E-state index in [4.69, 9.17) is 0 Å². The van der Waals surface area contributed by atoms with Crippen molar-refractivity contribution in [3.05, 3.63) is 82.7 Å². The molecule has 1 saturated heterocycles. The van der Waals surface area contributed by atoms with Gasteiger partial charge < -0.3 is 0 Å². The van der Waals surface area contributed by atoms with E-state index in [-0.39, 0.29) is 5.69 Å². The Morgan fingerprint density at radius 3 is 2.37 bits per heavy atom. The second kappa shape index (κ2) is 9.43. The number of non-ortho nitro benzene ring substituents is 1. The average molecular weight is 404 g/mol. The zero-order valence-corrected chi connectivity index (χ0v) is 16.7. The van der Waals surface area contributed by atoms with Gasteiger partial charge >= 0.3 is 0 Å². The van der Waals surface area contributed by atoms with Crippen LogP contribution in [0.3, 0.4) is 0 Å². The minimum Gasteiger partial charge on any atom is -0.297 e. The van der Waals surface area contributed by atoms with Crippen LogP contribution in [0.2, 0.25) is 0 Å². The van der Waals surface area contributed by atoms with E-state index in [0.29, 0.717) is 12.5 Å². The molecular formula is C22H24N6O2. The second-order valence-electron chi connectivity index (χ2n) is 7.28. The summed E-state index contributed by atoms with van der Waals surface area (Å²) in [6, 6.07) is 16.7. The van der Waals surface area contributed by atoms with Gasteiger partial charge in [-0.25, -0.2) is 9.67 Å². The molecular weight excluding hydrogens is 380 g/mol. The average Bonchev–Trinajstić information content (AvgIpc) is 3.24. The Kier molecular flexibility index (Phi) is 6.26. The summed E-state index contributed by atoms with van der Waals surface area (Å²) in [7, 11) is 0. The normalized spacial score (nSPS) is 15.6. The SMILES string of the molecule is O=[N+]([O-])c1ccc(-c2ncn(CN3CCN(CC=Cc4ccccc4)CC3)n2)cc1. The van der Waals surface area contributed by atoms with Gasteiger partial charge in [0, 0.05) is 50.4 Å². The number of rotatable bonds is 7. The second-order valence-corrected chi connectivity index (χ2v) is 7.28. The lowest BCUT2D eigenvalue weighted by atomic mass is 10.2. The molecule has 4 rings (SSSR count). The zero-order chi connectivity index (χ0) is 20.8. The molecule has 3 aromatic rings. The molecule has 1 aliphatic heterocycles. The van der Waals surface area contributed by atoms with E-state index < -0.39 is 4.92 Å². The fourth-order valence-corrected chi connectivity index (χ4v) is 3.45. The summed E-state index contributed by atoms with van der Waals surface area (Å²) in [6.45, 7) is 5.63. The number of nitrogens with zero attached hydrogens (tertiary/aromatic N) is 6. The van der Waals surface area contributed by atoms with E-state index in [9.17, 15) is 10.1 Å². The van der Waals surface area contributed by atoms with Crippen molar-refractivity contribution >= 4 is 11.8 Å². The van der Waals surface area contributed by atoms with Crippen LogP contribution in [0.5, 0.6) is 0 Å². The number of benzene rings is 2. The van der Waals surface area contributed by atoms with Crippen molar-refractivity contribution in [3.63, 3.8) is 0 Å². The van der Waals surface area contributed by atoms with Crippen molar-refractivity contribution < 1.29 is 4.92 Å². The van der Waals surface area contributed by atoms with Gasteiger partial charge in [-0.1, -0.05) is 42.5 Å². The Morgan fingerprint density at radius 2 is 1.67 bits per heavy atom. The Balaban J connectivity index is 1.25. The molecule has 154 valence electrons. The standard InChI is InChI=1S/C22H24N6O2/c29-28(30)21-10-8-20(9-11-21)22-23-17-27(24-22)18-26-15-13-25(14-16-26)12-4-7-19-5-2-1-3-6-19/h1-11,17H,12-16,18H2. The summed E-state index contributed by atoms with van der Waals surface area (Å²) < 4.78 is 1.82. The van der Waals surface area contributed by atoms with Crippen LogP contribution in [-0.2, 0) is 6.67 Å². The monoisotopic (exact) mass is 404 g/mol. The lowest BCUT2D eigenvalue weighted by molar-refractivity contribution is -0.384. The molecule has 0 unspecified atom stereocenters. The summed E-state index contributed by atoms with van der Waals surface area (Å²) in [4.78, 5) is 19.5. The van der Waals surface area contributed by atoms with Crippen molar-refractivity contribution in [2.75, 3.05) is 32.7 Å². The molecule has 0 radical (unpaired) electrons. The van der Waals surface area contributed by atoms with E-state index in [1.54, 1.807) is 18.5 Å². The van der Waals surface area contributed by atoms with Crippen LogP contribution in [-0.4, -0.2) is 62.2 Å². The predicted molar refractivity (Wildman–Crippen MR) is 116 cm³/mol. The number of nitro groups is 1. The zero-order valence-electron chi connectivity index (χ0n) is 16.7. The highest BCUT2D eigenvalue weighted by Crippen LogP contribution is 2.19. The molecule has 1 fully saturated rings. The Hall–Kier alpha value is -3.36. The van der Waals surface area contributed by atoms with Crippen molar-refractivity contribution in [2.45, 2.75) is 6.67 Å². The van der Waals surface area contributed by atoms with Gasteiger partial charge in [-0.05, 0) is 17.7 Å². The maximum absolute atomic E-state index is 10.8. The topological polar surface area (TPSA) is 80.3 Å². The van der Waals surface area contributed by atoms with Crippen LogP contribution in [0, 0.1) is 10.1 Å². The third-order valence-electron chi connectivity index (χ3n) is 5.16. The molecule has 8 nitrogen and oxygen atoms in total. The third kappa shape index (κ3) is 5.16. The summed E-state index contributed by atoms with van der Waals surface area (Å²) >= 11 is 0. The van der Waals surface area contributed by atoms with E-state index in [2.05, 4.69) is 56.3 Å². The first-order valence-electron chi connectivity index (χ1n) is 9.98. The number of aromatic nitrogens is 3. The fraction of sp³-hybridized carbons (Fsp3) is 0.273. The van der Waals surface area contributed by atoms with Gasteiger partial charge in [0.2, 0.25) is 0 Å². The smallest absolute Gasteiger partial charge is 0.269 e. The van der Waals surface area contributed by atoms with E-state index in [1.165, 1.54) is 17.7 Å². The molecule has 0 amide bonds. The summed E-state index contributed by atoms with van der Waals surface area (Å²) in [6.07, 6.45) is 6.10. The molecule has 1 aromatic heterocycles. The Labute approximate surface area is 175 Å². The first kappa shape index (κ1) is 19.9. The number of piperazine rings is 1. The summed E-state index contributed by atoms with van der Waals surface area (Å²) in [5.74, 6) is 0.578. The van der Waals surface area contributed by atoms with Gasteiger partial charge in [0.15, 0.2) is 5.82 Å². The van der Waals surface area contributed by atoms with Crippen LogP contribution in [0.15, 0.2) is 67.0 Å². The first-order chi connectivity index (χ1) is 14.7.